The summed E-state index contributed by atoms with van der Waals surface area (Å²) >= 11 is 0. The molecule has 118 valence electrons. The summed E-state index contributed by atoms with van der Waals surface area (Å²) in [4.78, 5) is 16.3. The predicted molar refractivity (Wildman–Crippen MR) is 88.9 cm³/mol. The molecule has 2 unspecified atom stereocenters. The SMILES string of the molecule is CCCC(C)C(=O)NC(C)c1ccc(-n2ccnc2C)cc1. The molecule has 0 fully saturated rings. The Hall–Kier alpha value is -2.10. The molecule has 1 amide bonds. The molecule has 22 heavy (non-hydrogen) atoms. The molecule has 0 spiro atoms. The fraction of sp³-hybridized carbons (Fsp3) is 0.444. The topological polar surface area (TPSA) is 46.9 Å². The maximum absolute atomic E-state index is 12.1. The number of aromatic nitrogens is 2. The van der Waals surface area contributed by atoms with Gasteiger partial charge in [-0.05, 0) is 38.0 Å². The van der Waals surface area contributed by atoms with Crippen LogP contribution in [0.3, 0.4) is 0 Å². The van der Waals surface area contributed by atoms with Gasteiger partial charge in [0.2, 0.25) is 5.91 Å². The summed E-state index contributed by atoms with van der Waals surface area (Å²) in [5.74, 6) is 1.16. The van der Waals surface area contributed by atoms with E-state index in [1.807, 2.05) is 31.5 Å². The third-order valence-corrected chi connectivity index (χ3v) is 4.03. The molecule has 1 N–H and O–H groups in total. The number of rotatable bonds is 6. The first-order valence-corrected chi connectivity index (χ1v) is 7.93. The monoisotopic (exact) mass is 299 g/mol. The molecule has 1 heterocycles. The fourth-order valence-electron chi connectivity index (χ4n) is 2.58. The lowest BCUT2D eigenvalue weighted by molar-refractivity contribution is -0.125. The zero-order valence-electron chi connectivity index (χ0n) is 13.8. The van der Waals surface area contributed by atoms with E-state index in [1.54, 1.807) is 6.20 Å². The first kappa shape index (κ1) is 16.3. The number of carbonyl (C=O) groups is 1. The average Bonchev–Trinajstić information content (AvgIpc) is 2.93. The summed E-state index contributed by atoms with van der Waals surface area (Å²) < 4.78 is 2.04. The standard InChI is InChI=1S/C18H25N3O/c1-5-6-13(2)18(22)20-14(3)16-7-9-17(10-8-16)21-12-11-19-15(21)4/h7-14H,5-6H2,1-4H3,(H,20,22). The molecule has 0 aliphatic rings. The second-order valence-corrected chi connectivity index (χ2v) is 5.86. The minimum Gasteiger partial charge on any atom is -0.349 e. The minimum absolute atomic E-state index is 0.0183. The molecular formula is C18H25N3O. The Morgan fingerprint density at radius 3 is 2.50 bits per heavy atom. The lowest BCUT2D eigenvalue weighted by Gasteiger charge is -2.18. The summed E-state index contributed by atoms with van der Waals surface area (Å²) in [5, 5.41) is 3.09. The summed E-state index contributed by atoms with van der Waals surface area (Å²) in [6, 6.07) is 8.25. The van der Waals surface area contributed by atoms with Crippen molar-refractivity contribution in [2.45, 2.75) is 46.6 Å². The zero-order valence-corrected chi connectivity index (χ0v) is 13.8. The van der Waals surface area contributed by atoms with E-state index in [0.717, 1.165) is 29.9 Å². The first-order valence-electron chi connectivity index (χ1n) is 7.93. The van der Waals surface area contributed by atoms with Gasteiger partial charge in [0.1, 0.15) is 5.82 Å². The van der Waals surface area contributed by atoms with Crippen molar-refractivity contribution in [3.05, 3.63) is 48.0 Å². The lowest BCUT2D eigenvalue weighted by Crippen LogP contribution is -2.31. The van der Waals surface area contributed by atoms with Gasteiger partial charge in [-0.25, -0.2) is 4.98 Å². The van der Waals surface area contributed by atoms with Crippen molar-refractivity contribution < 1.29 is 4.79 Å². The molecule has 0 radical (unpaired) electrons. The van der Waals surface area contributed by atoms with E-state index in [9.17, 15) is 4.79 Å². The molecule has 0 aliphatic heterocycles. The Labute approximate surface area is 132 Å². The van der Waals surface area contributed by atoms with Gasteiger partial charge in [-0.2, -0.15) is 0 Å². The number of hydrogen-bond donors (Lipinski definition) is 1. The summed E-state index contributed by atoms with van der Waals surface area (Å²) in [6.45, 7) is 8.08. The van der Waals surface area contributed by atoms with Crippen molar-refractivity contribution in [1.82, 2.24) is 14.9 Å². The van der Waals surface area contributed by atoms with Crippen LogP contribution in [0.2, 0.25) is 0 Å². The number of aryl methyl sites for hydroxylation is 1. The normalized spacial score (nSPS) is 13.6. The zero-order chi connectivity index (χ0) is 16.1. The van der Waals surface area contributed by atoms with E-state index in [1.165, 1.54) is 0 Å². The molecular weight excluding hydrogens is 274 g/mol. The molecule has 2 aromatic rings. The number of benzene rings is 1. The first-order chi connectivity index (χ1) is 10.5. The van der Waals surface area contributed by atoms with Crippen LogP contribution in [0.5, 0.6) is 0 Å². The van der Waals surface area contributed by atoms with Crippen LogP contribution in [0, 0.1) is 12.8 Å². The third kappa shape index (κ3) is 3.75. The van der Waals surface area contributed by atoms with Crippen molar-refractivity contribution in [2.75, 3.05) is 0 Å². The predicted octanol–water partition coefficient (Wildman–Crippen LogP) is 3.79. The van der Waals surface area contributed by atoms with Gasteiger partial charge < -0.3 is 9.88 Å². The Bertz CT molecular complexity index is 616. The number of nitrogens with zero attached hydrogens (tertiary/aromatic N) is 2. The largest absolute Gasteiger partial charge is 0.349 e. The van der Waals surface area contributed by atoms with Crippen molar-refractivity contribution >= 4 is 5.91 Å². The van der Waals surface area contributed by atoms with Crippen LogP contribution < -0.4 is 5.32 Å². The Morgan fingerprint density at radius 1 is 1.27 bits per heavy atom. The van der Waals surface area contributed by atoms with E-state index in [-0.39, 0.29) is 17.9 Å². The smallest absolute Gasteiger partial charge is 0.223 e. The van der Waals surface area contributed by atoms with E-state index in [2.05, 4.69) is 41.5 Å². The van der Waals surface area contributed by atoms with Gasteiger partial charge in [-0.3, -0.25) is 4.79 Å². The van der Waals surface area contributed by atoms with Crippen molar-refractivity contribution in [1.29, 1.82) is 0 Å². The molecule has 1 aromatic carbocycles. The molecule has 4 nitrogen and oxygen atoms in total. The Morgan fingerprint density at radius 2 is 1.95 bits per heavy atom. The maximum Gasteiger partial charge on any atom is 0.223 e. The van der Waals surface area contributed by atoms with Crippen LogP contribution in [-0.4, -0.2) is 15.5 Å². The van der Waals surface area contributed by atoms with Crippen LogP contribution in [0.4, 0.5) is 0 Å². The number of nitrogens with one attached hydrogen (secondary N) is 1. The quantitative estimate of drug-likeness (QED) is 0.882. The minimum atomic E-state index is 0.0183. The van der Waals surface area contributed by atoms with Gasteiger partial charge in [0.15, 0.2) is 0 Å². The molecule has 1 aromatic heterocycles. The second-order valence-electron chi connectivity index (χ2n) is 5.86. The molecule has 0 aliphatic carbocycles. The van der Waals surface area contributed by atoms with Gasteiger partial charge in [-0.15, -0.1) is 0 Å². The van der Waals surface area contributed by atoms with Crippen molar-refractivity contribution in [3.63, 3.8) is 0 Å². The molecule has 4 heteroatoms. The van der Waals surface area contributed by atoms with Crippen LogP contribution in [-0.2, 0) is 4.79 Å². The van der Waals surface area contributed by atoms with Gasteiger partial charge in [0.25, 0.3) is 0 Å². The number of imidazole rings is 1. The van der Waals surface area contributed by atoms with E-state index < -0.39 is 0 Å². The summed E-state index contributed by atoms with van der Waals surface area (Å²) in [6.07, 6.45) is 5.70. The highest BCUT2D eigenvalue weighted by Gasteiger charge is 2.15. The molecule has 0 saturated carbocycles. The summed E-state index contributed by atoms with van der Waals surface area (Å²) in [5.41, 5.74) is 2.19. The third-order valence-electron chi connectivity index (χ3n) is 4.03. The van der Waals surface area contributed by atoms with Gasteiger partial charge in [-0.1, -0.05) is 32.4 Å². The molecule has 2 rings (SSSR count). The lowest BCUT2D eigenvalue weighted by atomic mass is 10.0. The van der Waals surface area contributed by atoms with Crippen molar-refractivity contribution in [3.8, 4) is 5.69 Å². The number of carbonyl (C=O) groups excluding carboxylic acids is 1. The van der Waals surface area contributed by atoms with Crippen LogP contribution in [0.1, 0.15) is 51.0 Å². The van der Waals surface area contributed by atoms with E-state index >= 15 is 0 Å². The van der Waals surface area contributed by atoms with Gasteiger partial charge >= 0.3 is 0 Å². The van der Waals surface area contributed by atoms with E-state index in [4.69, 9.17) is 0 Å². The highest BCUT2D eigenvalue weighted by molar-refractivity contribution is 5.78. The molecule has 2 atom stereocenters. The maximum atomic E-state index is 12.1. The number of hydrogen-bond acceptors (Lipinski definition) is 2. The Kier molecular flexibility index (Phi) is 5.36. The Balaban J connectivity index is 2.04. The number of amides is 1. The van der Waals surface area contributed by atoms with Gasteiger partial charge in [0, 0.05) is 24.0 Å². The van der Waals surface area contributed by atoms with Crippen LogP contribution >= 0.6 is 0 Å². The second kappa shape index (κ2) is 7.25. The average molecular weight is 299 g/mol. The molecule has 0 saturated heterocycles. The highest BCUT2D eigenvalue weighted by Crippen LogP contribution is 2.17. The fourth-order valence-corrected chi connectivity index (χ4v) is 2.58. The summed E-state index contributed by atoms with van der Waals surface area (Å²) in [7, 11) is 0. The van der Waals surface area contributed by atoms with Crippen LogP contribution in [0.15, 0.2) is 36.7 Å². The molecule has 0 bridgehead atoms. The van der Waals surface area contributed by atoms with Gasteiger partial charge in [0.05, 0.1) is 6.04 Å². The van der Waals surface area contributed by atoms with Crippen molar-refractivity contribution in [2.24, 2.45) is 5.92 Å². The van der Waals surface area contributed by atoms with Crippen LogP contribution in [0.25, 0.3) is 5.69 Å². The highest BCUT2D eigenvalue weighted by atomic mass is 16.1. The van der Waals surface area contributed by atoms with E-state index in [0.29, 0.717) is 0 Å².